The minimum absolute atomic E-state index is 0.704. The van der Waals surface area contributed by atoms with Crippen LogP contribution in [-0.4, -0.2) is 0 Å². The van der Waals surface area contributed by atoms with Gasteiger partial charge in [0.25, 0.3) is 0 Å². The molecule has 0 amide bonds. The lowest BCUT2D eigenvalue weighted by Crippen LogP contribution is -2.06. The van der Waals surface area contributed by atoms with Gasteiger partial charge in [-0.25, -0.2) is 0 Å². The maximum absolute atomic E-state index is 6.29. The Morgan fingerprint density at radius 1 is 0.846 bits per heavy atom. The third kappa shape index (κ3) is 2.45. The van der Waals surface area contributed by atoms with Crippen molar-refractivity contribution in [2.45, 2.75) is 6.42 Å². The van der Waals surface area contributed by atoms with Crippen LogP contribution in [-0.2, 0) is 6.42 Å². The van der Waals surface area contributed by atoms with Gasteiger partial charge < -0.3 is 14.8 Å². The predicted molar refractivity (Wildman–Crippen MR) is 105 cm³/mol. The van der Waals surface area contributed by atoms with Crippen LogP contribution in [0.5, 0.6) is 23.0 Å². The number of nitrogens with one attached hydrogen (secondary N) is 1. The normalized spacial score (nSPS) is 17.2. The second-order valence-electron chi connectivity index (χ2n) is 6.42. The van der Waals surface area contributed by atoms with Gasteiger partial charge in [-0.1, -0.05) is 55.1 Å². The Balaban J connectivity index is 1.64. The maximum Gasteiger partial charge on any atom is 0.193 e. The van der Waals surface area contributed by atoms with Gasteiger partial charge in [-0.15, -0.1) is 0 Å². The number of hydrogen-bond donors (Lipinski definition) is 1. The topological polar surface area (TPSA) is 30.5 Å². The van der Waals surface area contributed by atoms with E-state index >= 15 is 0 Å². The zero-order valence-corrected chi connectivity index (χ0v) is 14.2. The van der Waals surface area contributed by atoms with Crippen LogP contribution in [0.4, 0.5) is 5.69 Å². The molecule has 0 unspecified atom stereocenters. The monoisotopic (exact) mass is 339 g/mol. The Bertz CT molecular complexity index is 1110. The first-order valence-electron chi connectivity index (χ1n) is 8.61. The molecule has 1 N–H and O–H groups in total. The molecule has 2 aliphatic heterocycles. The number of benzene rings is 3. The van der Waals surface area contributed by atoms with Crippen LogP contribution in [0.1, 0.15) is 5.56 Å². The minimum atomic E-state index is 0.704. The highest BCUT2D eigenvalue weighted by Crippen LogP contribution is 2.51. The van der Waals surface area contributed by atoms with Crippen LogP contribution in [0.15, 0.2) is 85.1 Å². The summed E-state index contributed by atoms with van der Waals surface area (Å²) in [6.07, 6.45) is 8.87. The van der Waals surface area contributed by atoms with Crippen molar-refractivity contribution in [1.82, 2.24) is 0 Å². The fourth-order valence-electron chi connectivity index (χ4n) is 3.33. The summed E-state index contributed by atoms with van der Waals surface area (Å²) < 4.78 is 12.5. The number of rotatable bonds is 0. The lowest BCUT2D eigenvalue weighted by molar-refractivity contribution is 0.361. The molecule has 3 aromatic rings. The van der Waals surface area contributed by atoms with E-state index in [-0.39, 0.29) is 0 Å². The largest absolute Gasteiger partial charge is 0.449 e. The van der Waals surface area contributed by atoms with Crippen molar-refractivity contribution >= 4 is 16.5 Å². The Morgan fingerprint density at radius 2 is 1.62 bits per heavy atom. The number of ether oxygens (including phenoxy) is 2. The van der Waals surface area contributed by atoms with Crippen molar-refractivity contribution in [3.63, 3.8) is 0 Å². The van der Waals surface area contributed by atoms with E-state index in [9.17, 15) is 0 Å². The summed E-state index contributed by atoms with van der Waals surface area (Å²) in [5.41, 5.74) is 2.85. The van der Waals surface area contributed by atoms with Gasteiger partial charge in [-0.2, -0.15) is 0 Å². The van der Waals surface area contributed by atoms with E-state index < -0.39 is 0 Å². The average Bonchev–Trinajstić information content (AvgIpc) is 2.74. The van der Waals surface area contributed by atoms with Crippen LogP contribution in [0.25, 0.3) is 10.8 Å². The Hall–Kier alpha value is -3.46. The smallest absolute Gasteiger partial charge is 0.193 e. The third-order valence-electron chi connectivity index (χ3n) is 4.62. The van der Waals surface area contributed by atoms with Gasteiger partial charge in [0.2, 0.25) is 0 Å². The van der Waals surface area contributed by atoms with Crippen LogP contribution >= 0.6 is 0 Å². The van der Waals surface area contributed by atoms with Crippen molar-refractivity contribution in [2.75, 3.05) is 5.32 Å². The molecule has 0 saturated heterocycles. The van der Waals surface area contributed by atoms with Crippen molar-refractivity contribution in [3.05, 3.63) is 90.7 Å². The maximum atomic E-state index is 6.29. The summed E-state index contributed by atoms with van der Waals surface area (Å²) in [5, 5.41) is 5.62. The molecular formula is C23H17NO2. The lowest BCUT2D eigenvalue weighted by Gasteiger charge is -2.25. The van der Waals surface area contributed by atoms with E-state index in [1.807, 2.05) is 48.6 Å². The first-order valence-corrected chi connectivity index (χ1v) is 8.61. The molecular weight excluding hydrogens is 322 g/mol. The van der Waals surface area contributed by atoms with E-state index in [4.69, 9.17) is 9.47 Å². The molecule has 0 saturated carbocycles. The van der Waals surface area contributed by atoms with Crippen molar-refractivity contribution in [2.24, 2.45) is 0 Å². The zero-order valence-electron chi connectivity index (χ0n) is 14.2. The molecule has 5 rings (SSSR count). The highest BCUT2D eigenvalue weighted by Gasteiger charge is 2.24. The van der Waals surface area contributed by atoms with E-state index in [1.165, 1.54) is 0 Å². The predicted octanol–water partition coefficient (Wildman–Crippen LogP) is 6.33. The van der Waals surface area contributed by atoms with Gasteiger partial charge in [0.15, 0.2) is 23.0 Å². The first kappa shape index (κ1) is 14.8. The van der Waals surface area contributed by atoms with E-state index in [1.54, 1.807) is 0 Å². The SMILES string of the molecule is C=C1/C=C\C=C/Cc2ccc3c(c2N1)Oc1cc2ccccc2cc1O3. The zero-order chi connectivity index (χ0) is 17.5. The lowest BCUT2D eigenvalue weighted by atomic mass is 10.1. The van der Waals surface area contributed by atoms with Gasteiger partial charge in [-0.05, 0) is 47.0 Å². The van der Waals surface area contributed by atoms with E-state index in [0.29, 0.717) is 11.5 Å². The molecule has 0 fully saturated rings. The summed E-state index contributed by atoms with van der Waals surface area (Å²) in [4.78, 5) is 0. The Kier molecular flexibility index (Phi) is 3.32. The summed E-state index contributed by atoms with van der Waals surface area (Å²) >= 11 is 0. The van der Waals surface area contributed by atoms with Crippen LogP contribution in [0.2, 0.25) is 0 Å². The minimum Gasteiger partial charge on any atom is -0.449 e. The number of hydrogen-bond acceptors (Lipinski definition) is 3. The number of fused-ring (bicyclic) bond motifs is 5. The standard InChI is InChI=1S/C23H17NO2/c1-15-7-3-2-4-8-16-11-12-19-23(22(16)24-15)26-21-14-18-10-6-5-9-17(18)13-20(21)25-19/h2-7,9-14,24H,1,8H2/b4-2-,7-3-. The molecule has 2 heterocycles. The summed E-state index contributed by atoms with van der Waals surface area (Å²) in [6.45, 7) is 4.06. The first-order chi connectivity index (χ1) is 12.8. The highest BCUT2D eigenvalue weighted by molar-refractivity contribution is 5.87. The van der Waals surface area contributed by atoms with Crippen LogP contribution < -0.4 is 14.8 Å². The van der Waals surface area contributed by atoms with Crippen LogP contribution in [0, 0.1) is 0 Å². The molecule has 0 atom stereocenters. The van der Waals surface area contributed by atoms with Crippen LogP contribution in [0.3, 0.4) is 0 Å². The Labute approximate surface area is 151 Å². The van der Waals surface area contributed by atoms with Crippen molar-refractivity contribution in [1.29, 1.82) is 0 Å². The molecule has 0 aromatic heterocycles. The second-order valence-corrected chi connectivity index (χ2v) is 6.42. The molecule has 126 valence electrons. The quantitative estimate of drug-likeness (QED) is 0.406. The molecule has 0 radical (unpaired) electrons. The molecule has 3 aromatic carbocycles. The van der Waals surface area contributed by atoms with E-state index in [2.05, 4.69) is 36.2 Å². The second kappa shape index (κ2) is 5.81. The van der Waals surface area contributed by atoms with Crippen molar-refractivity contribution in [3.8, 4) is 23.0 Å². The molecule has 26 heavy (non-hydrogen) atoms. The highest BCUT2D eigenvalue weighted by atomic mass is 16.6. The van der Waals surface area contributed by atoms with Gasteiger partial charge in [0.1, 0.15) is 0 Å². The molecule has 0 bridgehead atoms. The number of anilines is 1. The van der Waals surface area contributed by atoms with Gasteiger partial charge in [0.05, 0.1) is 5.69 Å². The molecule has 3 nitrogen and oxygen atoms in total. The van der Waals surface area contributed by atoms with Crippen molar-refractivity contribution < 1.29 is 9.47 Å². The fraction of sp³-hybridized carbons (Fsp3) is 0.0435. The molecule has 0 aliphatic carbocycles. The van der Waals surface area contributed by atoms with Gasteiger partial charge in [-0.3, -0.25) is 0 Å². The third-order valence-corrected chi connectivity index (χ3v) is 4.62. The summed E-state index contributed by atoms with van der Waals surface area (Å²) in [7, 11) is 0. The summed E-state index contributed by atoms with van der Waals surface area (Å²) in [5.74, 6) is 2.87. The fourth-order valence-corrected chi connectivity index (χ4v) is 3.33. The summed E-state index contributed by atoms with van der Waals surface area (Å²) in [6, 6.07) is 16.3. The molecule has 0 spiro atoms. The average molecular weight is 339 g/mol. The van der Waals surface area contributed by atoms with Gasteiger partial charge >= 0.3 is 0 Å². The molecule has 3 heteroatoms. The van der Waals surface area contributed by atoms with E-state index in [0.717, 1.165) is 45.6 Å². The number of allylic oxidation sites excluding steroid dienone is 4. The molecule has 2 aliphatic rings. The van der Waals surface area contributed by atoms with Gasteiger partial charge in [0, 0.05) is 5.70 Å². The Morgan fingerprint density at radius 3 is 2.42 bits per heavy atom.